The predicted molar refractivity (Wildman–Crippen MR) is 130 cm³/mol. The first-order valence-corrected chi connectivity index (χ1v) is 12.0. The highest BCUT2D eigenvalue weighted by molar-refractivity contribution is 5.95. The van der Waals surface area contributed by atoms with Crippen LogP contribution in [0.3, 0.4) is 0 Å². The molecule has 0 bridgehead atoms. The van der Waals surface area contributed by atoms with E-state index in [-0.39, 0.29) is 11.6 Å². The fraction of sp³-hybridized carbons (Fsp3) is 0.462. The first kappa shape index (κ1) is 20.7. The van der Waals surface area contributed by atoms with Gasteiger partial charge in [-0.1, -0.05) is 0 Å². The molecule has 0 saturated carbocycles. The summed E-state index contributed by atoms with van der Waals surface area (Å²) in [5, 5.41) is 4.42. The number of pyridine rings is 2. The van der Waals surface area contributed by atoms with Gasteiger partial charge in [0.1, 0.15) is 5.82 Å². The fourth-order valence-corrected chi connectivity index (χ4v) is 5.56. The molecule has 172 valence electrons. The Kier molecular flexibility index (Phi) is 5.09. The minimum absolute atomic E-state index is 0.221. The predicted octanol–water partition coefficient (Wildman–Crippen LogP) is 4.23. The molecule has 3 saturated heterocycles. The Bertz CT molecular complexity index is 1170. The van der Waals surface area contributed by atoms with E-state index in [1.807, 2.05) is 6.20 Å². The van der Waals surface area contributed by atoms with E-state index in [9.17, 15) is 4.39 Å². The van der Waals surface area contributed by atoms with E-state index in [4.69, 9.17) is 9.72 Å². The van der Waals surface area contributed by atoms with Crippen molar-refractivity contribution in [2.75, 3.05) is 56.2 Å². The van der Waals surface area contributed by atoms with Gasteiger partial charge in [-0.2, -0.15) is 0 Å². The maximum atomic E-state index is 14.7. The summed E-state index contributed by atoms with van der Waals surface area (Å²) in [6.07, 6.45) is 6.75. The first-order valence-electron chi connectivity index (χ1n) is 12.0. The van der Waals surface area contributed by atoms with Gasteiger partial charge < -0.3 is 19.9 Å². The van der Waals surface area contributed by atoms with Gasteiger partial charge in [0.25, 0.3) is 0 Å². The van der Waals surface area contributed by atoms with E-state index in [1.54, 1.807) is 12.1 Å². The minimum Gasteiger partial charge on any atom is -0.494 e. The second-order valence-electron chi connectivity index (χ2n) is 9.73. The van der Waals surface area contributed by atoms with Crippen LogP contribution >= 0.6 is 0 Å². The van der Waals surface area contributed by atoms with Gasteiger partial charge in [-0.05, 0) is 56.5 Å². The van der Waals surface area contributed by atoms with Crippen LogP contribution in [0.15, 0.2) is 36.5 Å². The fourth-order valence-electron chi connectivity index (χ4n) is 5.56. The summed E-state index contributed by atoms with van der Waals surface area (Å²) in [4.78, 5) is 14.3. The van der Waals surface area contributed by atoms with Crippen LogP contribution in [0.25, 0.3) is 22.2 Å². The summed E-state index contributed by atoms with van der Waals surface area (Å²) >= 11 is 0. The Morgan fingerprint density at radius 2 is 1.97 bits per heavy atom. The number of anilines is 2. The van der Waals surface area contributed by atoms with Crippen molar-refractivity contribution in [1.29, 1.82) is 0 Å². The molecule has 6 nitrogen and oxygen atoms in total. The van der Waals surface area contributed by atoms with Crippen molar-refractivity contribution in [2.24, 2.45) is 5.41 Å². The maximum absolute atomic E-state index is 14.7. The normalized spacial score (nSPS) is 22.7. The van der Waals surface area contributed by atoms with E-state index in [2.05, 4.69) is 38.3 Å². The molecule has 1 aromatic carbocycles. The number of benzene rings is 1. The zero-order valence-corrected chi connectivity index (χ0v) is 19.1. The molecule has 3 fully saturated rings. The molecule has 1 unspecified atom stereocenters. The quantitative estimate of drug-likeness (QED) is 0.646. The van der Waals surface area contributed by atoms with Crippen LogP contribution in [-0.4, -0.2) is 56.3 Å². The molecule has 7 heteroatoms. The highest BCUT2D eigenvalue weighted by Crippen LogP contribution is 2.42. The van der Waals surface area contributed by atoms with Crippen molar-refractivity contribution < 1.29 is 9.13 Å². The van der Waals surface area contributed by atoms with Crippen LogP contribution in [0.2, 0.25) is 0 Å². The first-order chi connectivity index (χ1) is 16.1. The van der Waals surface area contributed by atoms with E-state index >= 15 is 0 Å². The number of piperidine rings is 1. The zero-order chi connectivity index (χ0) is 22.4. The number of rotatable bonds is 4. The number of halogens is 1. The number of aromatic nitrogens is 2. The molecule has 6 rings (SSSR count). The largest absolute Gasteiger partial charge is 0.494 e. The molecule has 3 aromatic rings. The van der Waals surface area contributed by atoms with Crippen LogP contribution in [0.4, 0.5) is 15.9 Å². The number of ether oxygens (including phenoxy) is 1. The molecule has 1 N–H and O–H groups in total. The lowest BCUT2D eigenvalue weighted by Gasteiger charge is -2.34. The van der Waals surface area contributed by atoms with Crippen molar-refractivity contribution in [3.63, 3.8) is 0 Å². The lowest BCUT2D eigenvalue weighted by atomic mass is 9.80. The molecule has 2 aromatic heterocycles. The van der Waals surface area contributed by atoms with E-state index in [1.165, 1.54) is 26.4 Å². The number of fused-ring (bicyclic) bond motifs is 1. The van der Waals surface area contributed by atoms with Gasteiger partial charge >= 0.3 is 0 Å². The van der Waals surface area contributed by atoms with Crippen molar-refractivity contribution in [1.82, 2.24) is 15.3 Å². The van der Waals surface area contributed by atoms with Crippen molar-refractivity contribution in [3.05, 3.63) is 42.3 Å². The second-order valence-corrected chi connectivity index (χ2v) is 9.73. The van der Waals surface area contributed by atoms with Crippen molar-refractivity contribution >= 4 is 22.4 Å². The third-order valence-electron chi connectivity index (χ3n) is 7.62. The Morgan fingerprint density at radius 3 is 2.67 bits per heavy atom. The monoisotopic (exact) mass is 447 g/mol. The molecule has 0 aliphatic carbocycles. The van der Waals surface area contributed by atoms with Crippen molar-refractivity contribution in [3.8, 4) is 17.0 Å². The number of nitrogens with one attached hydrogen (secondary N) is 1. The molecular weight excluding hydrogens is 417 g/mol. The van der Waals surface area contributed by atoms with Crippen LogP contribution in [0.1, 0.15) is 25.7 Å². The van der Waals surface area contributed by atoms with Gasteiger partial charge in [-0.25, -0.2) is 14.4 Å². The second kappa shape index (κ2) is 8.13. The highest BCUT2D eigenvalue weighted by Gasteiger charge is 2.39. The van der Waals surface area contributed by atoms with E-state index < -0.39 is 0 Å². The van der Waals surface area contributed by atoms with Crippen molar-refractivity contribution in [2.45, 2.75) is 25.7 Å². The van der Waals surface area contributed by atoms with Crippen LogP contribution in [0, 0.1) is 11.2 Å². The molecule has 1 atom stereocenters. The lowest BCUT2D eigenvalue weighted by molar-refractivity contribution is 0.239. The lowest BCUT2D eigenvalue weighted by Crippen LogP contribution is -2.41. The Balaban J connectivity index is 1.42. The molecule has 3 aliphatic rings. The van der Waals surface area contributed by atoms with Crippen LogP contribution in [0.5, 0.6) is 5.75 Å². The molecule has 5 heterocycles. The third kappa shape index (κ3) is 3.68. The summed E-state index contributed by atoms with van der Waals surface area (Å²) in [5.41, 5.74) is 3.93. The van der Waals surface area contributed by atoms with E-state index in [0.717, 1.165) is 79.4 Å². The van der Waals surface area contributed by atoms with Gasteiger partial charge in [0.15, 0.2) is 11.6 Å². The minimum atomic E-state index is -0.352. The average molecular weight is 448 g/mol. The Morgan fingerprint density at radius 1 is 1.06 bits per heavy atom. The smallest absolute Gasteiger partial charge is 0.165 e. The molecule has 0 radical (unpaired) electrons. The zero-order valence-electron chi connectivity index (χ0n) is 19.1. The van der Waals surface area contributed by atoms with Gasteiger partial charge in [0.2, 0.25) is 0 Å². The summed E-state index contributed by atoms with van der Waals surface area (Å²) in [6.45, 7) is 6.26. The molecule has 0 amide bonds. The molecule has 3 aliphatic heterocycles. The Hall–Kier alpha value is -2.93. The Labute approximate surface area is 193 Å². The third-order valence-corrected chi connectivity index (χ3v) is 7.62. The van der Waals surface area contributed by atoms with Gasteiger partial charge in [-0.3, -0.25) is 0 Å². The average Bonchev–Trinajstić information content (AvgIpc) is 3.20. The van der Waals surface area contributed by atoms with Gasteiger partial charge in [-0.15, -0.1) is 0 Å². The van der Waals surface area contributed by atoms with Gasteiger partial charge in [0.05, 0.1) is 18.3 Å². The maximum Gasteiger partial charge on any atom is 0.165 e. The summed E-state index contributed by atoms with van der Waals surface area (Å²) < 4.78 is 20.0. The number of nitrogens with zero attached hydrogens (tertiary/aromatic N) is 4. The summed E-state index contributed by atoms with van der Waals surface area (Å²) in [5.74, 6) is 0.884. The number of methoxy groups -OCH3 is 1. The van der Waals surface area contributed by atoms with E-state index in [0.29, 0.717) is 5.41 Å². The standard InChI is InChI=1S/C26H30FN5O/c1-33-24-14-22-19(12-20(24)27)23(32-11-7-26(17-32)6-2-8-28-16-26)13-21(30-22)18-4-5-25(29-15-18)31-9-3-10-31/h4-5,12-15,28H,2-3,6-11,16-17H2,1H3. The topological polar surface area (TPSA) is 53.5 Å². The number of hydrogen-bond acceptors (Lipinski definition) is 6. The summed E-state index contributed by atoms with van der Waals surface area (Å²) in [6, 6.07) is 9.58. The van der Waals surface area contributed by atoms with Gasteiger partial charge in [0, 0.05) is 67.0 Å². The number of hydrogen-bond donors (Lipinski definition) is 1. The molecule has 1 spiro atoms. The van der Waals surface area contributed by atoms with Crippen LogP contribution < -0.4 is 19.9 Å². The molecular formula is C26H30FN5O. The molecule has 33 heavy (non-hydrogen) atoms. The summed E-state index contributed by atoms with van der Waals surface area (Å²) in [7, 11) is 1.49. The highest BCUT2D eigenvalue weighted by atomic mass is 19.1. The SMILES string of the molecule is COc1cc2nc(-c3ccc(N4CCC4)nc3)cc(N3CCC4(CCCNC4)C3)c2cc1F. The van der Waals surface area contributed by atoms with Crippen LogP contribution in [-0.2, 0) is 0 Å².